The van der Waals surface area contributed by atoms with Crippen LogP contribution in [0.15, 0.2) is 54.6 Å². The summed E-state index contributed by atoms with van der Waals surface area (Å²) in [6.45, 7) is 0. The average molecular weight is 283 g/mol. The lowest BCUT2D eigenvalue weighted by Gasteiger charge is -2.07. The third-order valence-electron chi connectivity index (χ3n) is 2.75. The maximum absolute atomic E-state index is 11.8. The van der Waals surface area contributed by atoms with Gasteiger partial charge in [-0.1, -0.05) is 36.4 Å². The topological polar surface area (TPSA) is 86.6 Å². The first kappa shape index (κ1) is 14.3. The number of carboxylic acids is 1. The Morgan fingerprint density at radius 3 is 2.38 bits per heavy atom. The van der Waals surface area contributed by atoms with Crippen molar-refractivity contribution < 1.29 is 19.8 Å². The van der Waals surface area contributed by atoms with Crippen LogP contribution in [0.4, 0.5) is 5.69 Å². The van der Waals surface area contributed by atoms with Crippen molar-refractivity contribution in [3.8, 4) is 5.75 Å². The molecule has 0 atom stereocenters. The van der Waals surface area contributed by atoms with E-state index in [1.54, 1.807) is 6.08 Å². The highest BCUT2D eigenvalue weighted by atomic mass is 16.4. The van der Waals surface area contributed by atoms with Crippen molar-refractivity contribution in [1.82, 2.24) is 0 Å². The molecule has 5 heteroatoms. The number of benzene rings is 2. The van der Waals surface area contributed by atoms with Gasteiger partial charge in [0, 0.05) is 6.08 Å². The molecule has 0 saturated heterocycles. The summed E-state index contributed by atoms with van der Waals surface area (Å²) >= 11 is 0. The molecule has 3 N–H and O–H groups in total. The van der Waals surface area contributed by atoms with Crippen LogP contribution in [0.25, 0.3) is 6.08 Å². The highest BCUT2D eigenvalue weighted by Crippen LogP contribution is 2.27. The Balaban J connectivity index is 2.12. The maximum Gasteiger partial charge on any atom is 0.339 e. The van der Waals surface area contributed by atoms with Crippen LogP contribution in [-0.2, 0) is 4.79 Å². The molecule has 0 radical (unpaired) electrons. The van der Waals surface area contributed by atoms with E-state index in [0.29, 0.717) is 0 Å². The molecule has 2 aromatic carbocycles. The molecule has 0 aromatic heterocycles. The number of anilines is 1. The van der Waals surface area contributed by atoms with Gasteiger partial charge in [0.1, 0.15) is 5.56 Å². The predicted octanol–water partition coefficient (Wildman–Crippen LogP) is 2.74. The fourth-order valence-corrected chi connectivity index (χ4v) is 1.73. The number of phenols is 1. The van der Waals surface area contributed by atoms with Crippen molar-refractivity contribution in [1.29, 1.82) is 0 Å². The molecular formula is C16H13NO4. The number of hydrogen-bond acceptors (Lipinski definition) is 3. The van der Waals surface area contributed by atoms with Gasteiger partial charge in [-0.25, -0.2) is 4.79 Å². The summed E-state index contributed by atoms with van der Waals surface area (Å²) in [5, 5.41) is 21.1. The average Bonchev–Trinajstić information content (AvgIpc) is 2.48. The summed E-state index contributed by atoms with van der Waals surface area (Å²) in [6.07, 6.45) is 2.93. The van der Waals surface area contributed by atoms with Gasteiger partial charge in [0.05, 0.1) is 5.69 Å². The number of amides is 1. The third kappa shape index (κ3) is 3.70. The maximum atomic E-state index is 11.8. The molecule has 0 fully saturated rings. The van der Waals surface area contributed by atoms with Crippen LogP contribution in [0, 0.1) is 0 Å². The lowest BCUT2D eigenvalue weighted by molar-refractivity contribution is -0.111. The molecule has 0 bridgehead atoms. The number of rotatable bonds is 4. The Morgan fingerprint density at radius 2 is 1.71 bits per heavy atom. The third-order valence-corrected chi connectivity index (χ3v) is 2.75. The summed E-state index contributed by atoms with van der Waals surface area (Å²) in [4.78, 5) is 22.6. The van der Waals surface area contributed by atoms with Gasteiger partial charge >= 0.3 is 5.97 Å². The van der Waals surface area contributed by atoms with Gasteiger partial charge in [-0.3, -0.25) is 4.79 Å². The minimum Gasteiger partial charge on any atom is -0.505 e. The number of aromatic hydroxyl groups is 1. The SMILES string of the molecule is O=C(C=Cc1ccccc1)Nc1cccc(C(=O)O)c1O. The second kappa shape index (κ2) is 6.38. The number of carbonyl (C=O) groups is 2. The molecule has 2 rings (SSSR count). The zero-order chi connectivity index (χ0) is 15.2. The van der Waals surface area contributed by atoms with E-state index < -0.39 is 17.6 Å². The summed E-state index contributed by atoms with van der Waals surface area (Å²) < 4.78 is 0. The molecule has 0 aliphatic carbocycles. The number of nitrogens with one attached hydrogen (secondary N) is 1. The minimum absolute atomic E-state index is 0.0533. The van der Waals surface area contributed by atoms with Gasteiger partial charge in [-0.05, 0) is 23.8 Å². The highest BCUT2D eigenvalue weighted by molar-refractivity contribution is 6.04. The van der Waals surface area contributed by atoms with Gasteiger partial charge in [0.25, 0.3) is 0 Å². The van der Waals surface area contributed by atoms with Crippen LogP contribution < -0.4 is 5.32 Å². The van der Waals surface area contributed by atoms with Crippen LogP contribution in [0.1, 0.15) is 15.9 Å². The Bertz CT molecular complexity index is 693. The van der Waals surface area contributed by atoms with E-state index >= 15 is 0 Å². The van der Waals surface area contributed by atoms with Gasteiger partial charge in [0.15, 0.2) is 5.75 Å². The molecule has 0 heterocycles. The Morgan fingerprint density at radius 1 is 1.00 bits per heavy atom. The van der Waals surface area contributed by atoms with Gasteiger partial charge in [-0.2, -0.15) is 0 Å². The smallest absolute Gasteiger partial charge is 0.339 e. The van der Waals surface area contributed by atoms with Crippen molar-refractivity contribution in [2.45, 2.75) is 0 Å². The molecular weight excluding hydrogens is 270 g/mol. The molecule has 21 heavy (non-hydrogen) atoms. The van der Waals surface area contributed by atoms with Gasteiger partial charge < -0.3 is 15.5 Å². The zero-order valence-electron chi connectivity index (χ0n) is 11.0. The van der Waals surface area contributed by atoms with E-state index in [1.807, 2.05) is 30.3 Å². The number of hydrogen-bond donors (Lipinski definition) is 3. The van der Waals surface area contributed by atoms with Crippen LogP contribution in [0.2, 0.25) is 0 Å². The van der Waals surface area contributed by atoms with E-state index in [9.17, 15) is 14.7 Å². The second-order valence-electron chi connectivity index (χ2n) is 4.24. The van der Waals surface area contributed by atoms with E-state index in [1.165, 1.54) is 24.3 Å². The number of aromatic carboxylic acids is 1. The Kier molecular flexibility index (Phi) is 4.36. The zero-order valence-corrected chi connectivity index (χ0v) is 11.0. The van der Waals surface area contributed by atoms with E-state index in [2.05, 4.69) is 5.32 Å². The molecule has 1 amide bonds. The lowest BCUT2D eigenvalue weighted by atomic mass is 10.1. The normalized spacial score (nSPS) is 10.5. The Hall–Kier alpha value is -3.08. The number of carboxylic acid groups (broad SMARTS) is 1. The molecule has 0 aliphatic rings. The first-order valence-electron chi connectivity index (χ1n) is 6.17. The van der Waals surface area contributed by atoms with Crippen molar-refractivity contribution in [3.05, 3.63) is 65.7 Å². The van der Waals surface area contributed by atoms with Crippen molar-refractivity contribution >= 4 is 23.6 Å². The first-order valence-corrected chi connectivity index (χ1v) is 6.17. The van der Waals surface area contributed by atoms with Crippen LogP contribution in [-0.4, -0.2) is 22.1 Å². The van der Waals surface area contributed by atoms with Crippen molar-refractivity contribution in [2.75, 3.05) is 5.32 Å². The predicted molar refractivity (Wildman–Crippen MR) is 79.2 cm³/mol. The van der Waals surface area contributed by atoms with Crippen molar-refractivity contribution in [2.24, 2.45) is 0 Å². The van der Waals surface area contributed by atoms with E-state index in [4.69, 9.17) is 5.11 Å². The summed E-state index contributed by atoms with van der Waals surface area (Å²) in [5.41, 5.74) is 0.647. The minimum atomic E-state index is -1.26. The molecule has 5 nitrogen and oxygen atoms in total. The van der Waals surface area contributed by atoms with Crippen LogP contribution >= 0.6 is 0 Å². The highest BCUT2D eigenvalue weighted by Gasteiger charge is 2.13. The van der Waals surface area contributed by atoms with Gasteiger partial charge in [-0.15, -0.1) is 0 Å². The standard InChI is InChI=1S/C16H13NO4/c18-14(10-9-11-5-2-1-3-6-11)17-13-8-4-7-12(15(13)19)16(20)21/h1-10,19H,(H,17,18)(H,20,21). The van der Waals surface area contributed by atoms with Crippen LogP contribution in [0.5, 0.6) is 5.75 Å². The lowest BCUT2D eigenvalue weighted by Crippen LogP contribution is -2.09. The number of carbonyl (C=O) groups excluding carboxylic acids is 1. The van der Waals surface area contributed by atoms with Gasteiger partial charge in [0.2, 0.25) is 5.91 Å². The van der Waals surface area contributed by atoms with Crippen LogP contribution in [0.3, 0.4) is 0 Å². The fraction of sp³-hybridized carbons (Fsp3) is 0. The molecule has 106 valence electrons. The van der Waals surface area contributed by atoms with E-state index in [-0.39, 0.29) is 11.3 Å². The molecule has 2 aromatic rings. The number of para-hydroxylation sites is 1. The summed E-state index contributed by atoms with van der Waals surface area (Å²) in [6, 6.07) is 13.4. The largest absolute Gasteiger partial charge is 0.505 e. The van der Waals surface area contributed by atoms with Crippen molar-refractivity contribution in [3.63, 3.8) is 0 Å². The first-order chi connectivity index (χ1) is 10.1. The monoisotopic (exact) mass is 283 g/mol. The molecule has 0 spiro atoms. The fourth-order valence-electron chi connectivity index (χ4n) is 1.73. The molecule has 0 aliphatic heterocycles. The molecule has 0 saturated carbocycles. The second-order valence-corrected chi connectivity index (χ2v) is 4.24. The van der Waals surface area contributed by atoms with E-state index in [0.717, 1.165) is 5.56 Å². The molecule has 0 unspecified atom stereocenters. The summed E-state index contributed by atoms with van der Waals surface area (Å²) in [5.74, 6) is -2.19. The quantitative estimate of drug-likeness (QED) is 0.595. The summed E-state index contributed by atoms with van der Waals surface area (Å²) in [7, 11) is 0. The Labute approximate surface area is 121 Å².